The number of allylic oxidation sites excluding steroid dienone is 6. The number of unbranched alkanes of at least 4 members (excludes halogenated alkanes) is 11. The molecule has 42 heavy (non-hydrogen) atoms. The van der Waals surface area contributed by atoms with Crippen molar-refractivity contribution in [3.63, 3.8) is 0 Å². The largest absolute Gasteiger partial charge is 0.495 e. The van der Waals surface area contributed by atoms with Crippen LogP contribution in [-0.2, 0) is 4.74 Å². The molecule has 0 bridgehead atoms. The van der Waals surface area contributed by atoms with Gasteiger partial charge in [0.15, 0.2) is 0 Å². The SMILES string of the molecule is CCCCCCCCCCCCCCOc1ccc(-c2ccccc2)c(C2=CC/C(=C(/C)OC3CCCCC3)C=C2)c1. The van der Waals surface area contributed by atoms with Crippen molar-refractivity contribution >= 4 is 5.57 Å². The van der Waals surface area contributed by atoms with Gasteiger partial charge in [0.05, 0.1) is 18.5 Å². The zero-order chi connectivity index (χ0) is 29.2. The van der Waals surface area contributed by atoms with Gasteiger partial charge in [0.25, 0.3) is 0 Å². The summed E-state index contributed by atoms with van der Waals surface area (Å²) in [6, 6.07) is 17.4. The Morgan fingerprint density at radius 1 is 0.714 bits per heavy atom. The van der Waals surface area contributed by atoms with Crippen molar-refractivity contribution in [2.75, 3.05) is 6.61 Å². The van der Waals surface area contributed by atoms with Crippen LogP contribution in [0.2, 0.25) is 0 Å². The molecule has 0 spiro atoms. The van der Waals surface area contributed by atoms with E-state index in [1.165, 1.54) is 131 Å². The van der Waals surface area contributed by atoms with Crippen molar-refractivity contribution in [1.29, 1.82) is 0 Å². The lowest BCUT2D eigenvalue weighted by atomic mass is 9.90. The number of ether oxygens (including phenoxy) is 2. The van der Waals surface area contributed by atoms with E-state index in [-0.39, 0.29) is 0 Å². The molecule has 2 aliphatic carbocycles. The van der Waals surface area contributed by atoms with E-state index in [9.17, 15) is 0 Å². The molecule has 0 aliphatic heterocycles. The fourth-order valence-corrected chi connectivity index (χ4v) is 6.37. The molecule has 2 aliphatic rings. The highest BCUT2D eigenvalue weighted by Gasteiger charge is 2.17. The average molecular weight is 569 g/mol. The Hall–Kier alpha value is -2.74. The van der Waals surface area contributed by atoms with E-state index in [1.807, 2.05) is 0 Å². The van der Waals surface area contributed by atoms with Crippen molar-refractivity contribution in [2.45, 2.75) is 136 Å². The summed E-state index contributed by atoms with van der Waals surface area (Å²) in [6.45, 7) is 5.23. The van der Waals surface area contributed by atoms with Gasteiger partial charge >= 0.3 is 0 Å². The molecule has 2 heteroatoms. The molecule has 2 nitrogen and oxygen atoms in total. The standard InChI is InChI=1S/C40H56O2/c1-3-4-5-6-7-8-9-10-11-12-13-20-31-41-38-29-30-39(35-21-16-14-17-22-35)40(32-38)36-27-25-34(26-28-36)33(2)42-37-23-18-15-19-24-37/h14,16-17,21-22,25,27-30,32,37H,3-13,15,18-20,23-24,26,31H2,1-2H3/b34-33-. The molecule has 1 fully saturated rings. The van der Waals surface area contributed by atoms with Crippen LogP contribution in [0.15, 0.2) is 78.1 Å². The highest BCUT2D eigenvalue weighted by Crippen LogP contribution is 2.36. The van der Waals surface area contributed by atoms with Crippen LogP contribution in [0.25, 0.3) is 16.7 Å². The van der Waals surface area contributed by atoms with Crippen molar-refractivity contribution < 1.29 is 9.47 Å². The molecule has 0 N–H and O–H groups in total. The fourth-order valence-electron chi connectivity index (χ4n) is 6.37. The first-order valence-corrected chi connectivity index (χ1v) is 17.3. The lowest BCUT2D eigenvalue weighted by molar-refractivity contribution is 0.0819. The van der Waals surface area contributed by atoms with E-state index in [4.69, 9.17) is 9.47 Å². The predicted octanol–water partition coefficient (Wildman–Crippen LogP) is 12.4. The Balaban J connectivity index is 1.27. The molecule has 4 rings (SSSR count). The monoisotopic (exact) mass is 568 g/mol. The quantitative estimate of drug-likeness (QED) is 0.131. The van der Waals surface area contributed by atoms with E-state index in [2.05, 4.69) is 80.6 Å². The highest BCUT2D eigenvalue weighted by molar-refractivity contribution is 5.87. The maximum absolute atomic E-state index is 6.38. The molecule has 2 aromatic rings. The third-order valence-corrected chi connectivity index (χ3v) is 9.01. The summed E-state index contributed by atoms with van der Waals surface area (Å²) in [5, 5.41) is 0. The van der Waals surface area contributed by atoms with Crippen molar-refractivity contribution in [2.24, 2.45) is 0 Å². The second-order valence-corrected chi connectivity index (χ2v) is 12.5. The molecule has 0 aromatic heterocycles. The summed E-state index contributed by atoms with van der Waals surface area (Å²) in [7, 11) is 0. The molecule has 228 valence electrons. The van der Waals surface area contributed by atoms with Crippen molar-refractivity contribution in [3.8, 4) is 16.9 Å². The summed E-state index contributed by atoms with van der Waals surface area (Å²) in [4.78, 5) is 0. The van der Waals surface area contributed by atoms with Gasteiger partial charge in [0.1, 0.15) is 5.75 Å². The van der Waals surface area contributed by atoms with Gasteiger partial charge in [0.2, 0.25) is 0 Å². The summed E-state index contributed by atoms with van der Waals surface area (Å²) in [5.74, 6) is 2.07. The minimum absolute atomic E-state index is 0.397. The smallest absolute Gasteiger partial charge is 0.119 e. The molecular formula is C40H56O2. The van der Waals surface area contributed by atoms with Gasteiger partial charge < -0.3 is 9.47 Å². The lowest BCUT2D eigenvalue weighted by Crippen LogP contribution is -2.16. The van der Waals surface area contributed by atoms with E-state index in [0.717, 1.165) is 31.0 Å². The summed E-state index contributed by atoms with van der Waals surface area (Å²) in [5.41, 5.74) is 6.30. The zero-order valence-electron chi connectivity index (χ0n) is 26.7. The highest BCUT2D eigenvalue weighted by atomic mass is 16.5. The van der Waals surface area contributed by atoms with Crippen LogP contribution in [0.5, 0.6) is 5.75 Å². The van der Waals surface area contributed by atoms with Crippen molar-refractivity contribution in [3.05, 3.63) is 83.7 Å². The third-order valence-electron chi connectivity index (χ3n) is 9.01. The molecule has 0 radical (unpaired) electrons. The van der Waals surface area contributed by atoms with Gasteiger partial charge in [-0.15, -0.1) is 0 Å². The Bertz CT molecular complexity index is 1130. The Morgan fingerprint density at radius 3 is 2.02 bits per heavy atom. The number of benzene rings is 2. The number of hydrogen-bond acceptors (Lipinski definition) is 2. The Kier molecular flexibility index (Phi) is 14.3. The lowest BCUT2D eigenvalue weighted by Gasteiger charge is -2.25. The van der Waals surface area contributed by atoms with E-state index >= 15 is 0 Å². The molecule has 0 unspecified atom stereocenters. The van der Waals surface area contributed by atoms with E-state index in [0.29, 0.717) is 6.10 Å². The second-order valence-electron chi connectivity index (χ2n) is 12.5. The van der Waals surface area contributed by atoms with Gasteiger partial charge in [-0.25, -0.2) is 0 Å². The first-order valence-electron chi connectivity index (χ1n) is 17.3. The van der Waals surface area contributed by atoms with Gasteiger partial charge in [-0.1, -0.05) is 139 Å². The van der Waals surface area contributed by atoms with Crippen molar-refractivity contribution in [1.82, 2.24) is 0 Å². The Morgan fingerprint density at radius 2 is 1.38 bits per heavy atom. The summed E-state index contributed by atoms with van der Waals surface area (Å²) >= 11 is 0. The Labute approximate surface area is 257 Å². The minimum Gasteiger partial charge on any atom is -0.495 e. The third kappa shape index (κ3) is 10.8. The van der Waals surface area contributed by atoms with Crippen LogP contribution in [0, 0.1) is 0 Å². The molecule has 2 aromatic carbocycles. The van der Waals surface area contributed by atoms with E-state index in [1.54, 1.807) is 0 Å². The molecule has 0 amide bonds. The average Bonchev–Trinajstić information content (AvgIpc) is 3.04. The van der Waals surface area contributed by atoms with Gasteiger partial charge in [-0.2, -0.15) is 0 Å². The molecule has 0 saturated heterocycles. The van der Waals surface area contributed by atoms with E-state index < -0.39 is 0 Å². The van der Waals surface area contributed by atoms with Crippen LogP contribution in [0.3, 0.4) is 0 Å². The maximum Gasteiger partial charge on any atom is 0.119 e. The second kappa shape index (κ2) is 18.7. The molecule has 0 atom stereocenters. The fraction of sp³-hybridized carbons (Fsp3) is 0.550. The van der Waals surface area contributed by atoms with Crippen LogP contribution >= 0.6 is 0 Å². The molecular weight excluding hydrogens is 512 g/mol. The molecule has 1 saturated carbocycles. The maximum atomic E-state index is 6.38. The summed E-state index contributed by atoms with van der Waals surface area (Å²) in [6.07, 6.45) is 30.9. The molecule has 0 heterocycles. The van der Waals surface area contributed by atoms with Crippen LogP contribution in [0.4, 0.5) is 0 Å². The number of hydrogen-bond donors (Lipinski definition) is 0. The first-order chi connectivity index (χ1) is 20.7. The van der Waals surface area contributed by atoms with Gasteiger partial charge in [0, 0.05) is 0 Å². The van der Waals surface area contributed by atoms with Crippen LogP contribution in [-0.4, -0.2) is 12.7 Å². The van der Waals surface area contributed by atoms with Gasteiger partial charge in [-0.3, -0.25) is 0 Å². The predicted molar refractivity (Wildman–Crippen MR) is 181 cm³/mol. The normalized spacial score (nSPS) is 16.8. The first kappa shape index (κ1) is 32.2. The summed E-state index contributed by atoms with van der Waals surface area (Å²) < 4.78 is 12.7. The zero-order valence-corrected chi connectivity index (χ0v) is 26.7. The van der Waals surface area contributed by atoms with Crippen LogP contribution < -0.4 is 4.74 Å². The minimum atomic E-state index is 0.397. The van der Waals surface area contributed by atoms with Crippen LogP contribution in [0.1, 0.15) is 135 Å². The topological polar surface area (TPSA) is 18.5 Å². The number of rotatable bonds is 18. The van der Waals surface area contributed by atoms with Gasteiger partial charge in [-0.05, 0) is 85.4 Å².